The second-order valence-electron chi connectivity index (χ2n) is 6.55. The molecule has 1 aromatic rings. The average molecular weight is 390 g/mol. The minimum atomic E-state index is -0.0607. The molecular formula is C23H14N6O. The number of ketones is 1. The summed E-state index contributed by atoms with van der Waals surface area (Å²) in [6.07, 6.45) is 17.7. The van der Waals surface area contributed by atoms with Crippen LogP contribution in [-0.2, 0) is 4.79 Å². The fraction of sp³-hybridized carbons (Fsp3) is 0. The maximum absolute atomic E-state index is 13.2. The van der Waals surface area contributed by atoms with Crippen LogP contribution in [0, 0.1) is 5.39 Å². The molecule has 0 N–H and O–H groups in total. The molecule has 0 aromatic heterocycles. The highest BCUT2D eigenvalue weighted by Gasteiger charge is 2.21. The molecule has 142 valence electrons. The Hall–Kier alpha value is -4.57. The number of carbonyl (C=O) groups is 1. The van der Waals surface area contributed by atoms with Gasteiger partial charge in [0.2, 0.25) is 0 Å². The Labute approximate surface area is 171 Å². The van der Waals surface area contributed by atoms with Crippen molar-refractivity contribution in [2.75, 3.05) is 0 Å². The molecule has 0 bridgehead atoms. The third-order valence-corrected chi connectivity index (χ3v) is 4.73. The van der Waals surface area contributed by atoms with E-state index in [-0.39, 0.29) is 5.78 Å². The number of allylic oxidation sites excluding steroid dienone is 12. The average Bonchev–Trinajstić information content (AvgIpc) is 3.03. The predicted octanol–water partition coefficient (Wildman–Crippen LogP) is 3.26. The molecule has 0 radical (unpaired) electrons. The summed E-state index contributed by atoms with van der Waals surface area (Å²) in [4.78, 5) is 13.2. The largest absolute Gasteiger partial charge is 0.362 e. The minimum Gasteiger partial charge on any atom is -0.362 e. The van der Waals surface area contributed by atoms with E-state index in [1.165, 1.54) is 0 Å². The minimum absolute atomic E-state index is 0.0607. The lowest BCUT2D eigenvalue weighted by atomic mass is 9.99. The van der Waals surface area contributed by atoms with Crippen LogP contribution in [0.2, 0.25) is 0 Å². The first-order valence-electron chi connectivity index (χ1n) is 9.08. The number of carbonyl (C=O) groups excluding carboxylic acids is 1. The summed E-state index contributed by atoms with van der Waals surface area (Å²) >= 11 is 0. The molecule has 0 saturated heterocycles. The van der Waals surface area contributed by atoms with Crippen molar-refractivity contribution in [2.24, 2.45) is 15.4 Å². The molecule has 3 aliphatic rings. The number of nitrogens with zero attached hydrogens (tertiary/aromatic N) is 6. The van der Waals surface area contributed by atoms with Crippen LogP contribution in [0.4, 0.5) is 0 Å². The SMILES string of the molecule is N#[N+]N=C1C=CC(=CC2=c3ccccc3=C(C=C3C=CC(=NN=[N-])C=C3)C2=O)C=C1. The van der Waals surface area contributed by atoms with Crippen LogP contribution in [0.25, 0.3) is 21.8 Å². The lowest BCUT2D eigenvalue weighted by molar-refractivity contribution is -0.108. The molecule has 0 spiro atoms. The van der Waals surface area contributed by atoms with E-state index >= 15 is 0 Å². The molecule has 7 heteroatoms. The Morgan fingerprint density at radius 2 is 1.30 bits per heavy atom. The molecule has 0 fully saturated rings. The third-order valence-electron chi connectivity index (χ3n) is 4.73. The predicted molar refractivity (Wildman–Crippen MR) is 116 cm³/mol. The molecule has 30 heavy (non-hydrogen) atoms. The number of benzene rings is 1. The number of fused-ring (bicyclic) bond motifs is 1. The summed E-state index contributed by atoms with van der Waals surface area (Å²) < 4.78 is 0. The van der Waals surface area contributed by atoms with Gasteiger partial charge in [0.1, 0.15) is 0 Å². The summed E-state index contributed by atoms with van der Waals surface area (Å²) in [5, 5.41) is 22.9. The van der Waals surface area contributed by atoms with E-state index in [2.05, 4.69) is 20.5 Å². The summed E-state index contributed by atoms with van der Waals surface area (Å²) in [7, 11) is 0. The van der Waals surface area contributed by atoms with Gasteiger partial charge in [-0.1, -0.05) is 60.7 Å². The number of Topliss-reactive ketones (excluding diaryl/α,β-unsaturated/α-hetero) is 1. The van der Waals surface area contributed by atoms with Crippen LogP contribution in [0.1, 0.15) is 0 Å². The summed E-state index contributed by atoms with van der Waals surface area (Å²) in [6, 6.07) is 7.67. The van der Waals surface area contributed by atoms with Gasteiger partial charge in [-0.3, -0.25) is 10.0 Å². The van der Waals surface area contributed by atoms with Gasteiger partial charge in [0, 0.05) is 11.1 Å². The van der Waals surface area contributed by atoms with E-state index in [9.17, 15) is 4.79 Å². The standard InChI is InChI=1S/C23H14N6O/c24-28-26-17-9-5-15(6-10-17)13-21-19-3-1-2-4-20(19)22(23(21)30)14-16-7-11-18(12-8-16)27-29-25/h1-14H. The topological polar surface area (TPSA) is 105 Å². The lowest BCUT2D eigenvalue weighted by Crippen LogP contribution is -2.23. The van der Waals surface area contributed by atoms with Crippen molar-refractivity contribution in [3.63, 3.8) is 0 Å². The monoisotopic (exact) mass is 390 g/mol. The first-order chi connectivity index (χ1) is 14.7. The number of rotatable bonds is 3. The molecule has 3 aliphatic carbocycles. The Balaban J connectivity index is 1.75. The summed E-state index contributed by atoms with van der Waals surface area (Å²) in [5.74, 6) is -0.0607. The van der Waals surface area contributed by atoms with Gasteiger partial charge in [-0.05, 0) is 51.6 Å². The number of hydrogen-bond acceptors (Lipinski definition) is 4. The molecule has 0 aliphatic heterocycles. The van der Waals surface area contributed by atoms with Crippen molar-refractivity contribution in [1.29, 1.82) is 5.39 Å². The smallest absolute Gasteiger partial charge is 0.339 e. The Kier molecular flexibility index (Phi) is 5.14. The van der Waals surface area contributed by atoms with Gasteiger partial charge >= 0.3 is 5.08 Å². The van der Waals surface area contributed by atoms with Gasteiger partial charge in [0.15, 0.2) is 16.6 Å². The van der Waals surface area contributed by atoms with Gasteiger partial charge in [-0.2, -0.15) is 0 Å². The molecule has 0 saturated carbocycles. The maximum atomic E-state index is 13.2. The van der Waals surface area contributed by atoms with E-state index in [1.807, 2.05) is 60.7 Å². The van der Waals surface area contributed by atoms with E-state index in [0.29, 0.717) is 22.6 Å². The molecule has 0 atom stereocenters. The zero-order valence-electron chi connectivity index (χ0n) is 15.7. The van der Waals surface area contributed by atoms with Crippen LogP contribution in [0.5, 0.6) is 0 Å². The van der Waals surface area contributed by atoms with E-state index in [4.69, 9.17) is 10.9 Å². The maximum Gasteiger partial charge on any atom is 0.339 e. The van der Waals surface area contributed by atoms with Crippen LogP contribution in [0.15, 0.2) is 112 Å². The molecular weight excluding hydrogens is 376 g/mol. The van der Waals surface area contributed by atoms with Crippen molar-refractivity contribution >= 4 is 28.4 Å². The molecule has 0 amide bonds. The lowest BCUT2D eigenvalue weighted by Gasteiger charge is -2.06. The van der Waals surface area contributed by atoms with Crippen LogP contribution >= 0.6 is 0 Å². The molecule has 1 aromatic carbocycles. The van der Waals surface area contributed by atoms with Crippen LogP contribution in [0.3, 0.4) is 0 Å². The fourth-order valence-electron chi connectivity index (χ4n) is 3.34. The highest BCUT2D eigenvalue weighted by molar-refractivity contribution is 6.42. The molecule has 7 nitrogen and oxygen atoms in total. The van der Waals surface area contributed by atoms with Crippen molar-refractivity contribution in [2.45, 2.75) is 0 Å². The van der Waals surface area contributed by atoms with Gasteiger partial charge < -0.3 is 10.6 Å². The van der Waals surface area contributed by atoms with E-state index in [1.54, 1.807) is 24.3 Å². The first kappa shape index (κ1) is 18.8. The normalized spacial score (nSPS) is 16.6. The van der Waals surface area contributed by atoms with Crippen molar-refractivity contribution in [3.05, 3.63) is 117 Å². The van der Waals surface area contributed by atoms with E-state index < -0.39 is 0 Å². The second-order valence-corrected chi connectivity index (χ2v) is 6.55. The van der Waals surface area contributed by atoms with Crippen LogP contribution < -0.4 is 10.4 Å². The summed E-state index contributed by atoms with van der Waals surface area (Å²) in [6.45, 7) is 0. The second kappa shape index (κ2) is 8.20. The van der Waals surface area contributed by atoms with Crippen molar-refractivity contribution in [3.8, 4) is 0 Å². The zero-order chi connectivity index (χ0) is 20.9. The zero-order valence-corrected chi connectivity index (χ0v) is 15.7. The molecule has 0 heterocycles. The fourth-order valence-corrected chi connectivity index (χ4v) is 3.34. The third kappa shape index (κ3) is 3.70. The Bertz CT molecular complexity index is 1340. The van der Waals surface area contributed by atoms with Gasteiger partial charge in [0.05, 0.1) is 0 Å². The van der Waals surface area contributed by atoms with Crippen molar-refractivity contribution < 1.29 is 4.79 Å². The number of hydrogen-bond donors (Lipinski definition) is 0. The van der Waals surface area contributed by atoms with Gasteiger partial charge in [-0.15, -0.1) is 0 Å². The van der Waals surface area contributed by atoms with E-state index in [0.717, 1.165) is 21.6 Å². The Morgan fingerprint density at radius 1 is 0.800 bits per heavy atom. The van der Waals surface area contributed by atoms with Crippen LogP contribution in [-0.4, -0.2) is 17.2 Å². The highest BCUT2D eigenvalue weighted by Crippen LogP contribution is 2.20. The summed E-state index contributed by atoms with van der Waals surface area (Å²) in [5.41, 5.74) is 12.5. The molecule has 0 unspecified atom stereocenters. The quantitative estimate of drug-likeness (QED) is 0.449. The van der Waals surface area contributed by atoms with Gasteiger partial charge in [0.25, 0.3) is 5.39 Å². The number of diazo groups is 1. The Morgan fingerprint density at radius 3 is 1.77 bits per heavy atom. The highest BCUT2D eigenvalue weighted by atomic mass is 16.1. The first-order valence-corrected chi connectivity index (χ1v) is 9.08. The van der Waals surface area contributed by atoms with Crippen molar-refractivity contribution in [1.82, 2.24) is 0 Å². The van der Waals surface area contributed by atoms with Gasteiger partial charge in [-0.25, -0.2) is 0 Å². The molecule has 4 rings (SSSR count).